The number of amides is 1. The van der Waals surface area contributed by atoms with Crippen LogP contribution in [0, 0.1) is 17.6 Å². The van der Waals surface area contributed by atoms with E-state index in [0.29, 0.717) is 30.4 Å². The van der Waals surface area contributed by atoms with Gasteiger partial charge in [0.05, 0.1) is 10.6 Å². The van der Waals surface area contributed by atoms with Gasteiger partial charge in [-0.05, 0) is 49.2 Å². The summed E-state index contributed by atoms with van der Waals surface area (Å²) in [5, 5.41) is 2.88. The van der Waals surface area contributed by atoms with Gasteiger partial charge < -0.3 is 5.32 Å². The highest BCUT2D eigenvalue weighted by Crippen LogP contribution is 2.26. The van der Waals surface area contributed by atoms with Gasteiger partial charge in [0.25, 0.3) is 0 Å². The minimum Gasteiger partial charge on any atom is -0.326 e. The topological polar surface area (TPSA) is 96.7 Å². The van der Waals surface area contributed by atoms with Crippen LogP contribution in [0.2, 0.25) is 0 Å². The van der Waals surface area contributed by atoms with Gasteiger partial charge in [0.1, 0.15) is 0 Å². The number of sulfonamides is 1. The number of rotatable bonds is 5. The largest absolute Gasteiger partial charge is 0.326 e. The molecule has 2 aromatic heterocycles. The first-order valence-electron chi connectivity index (χ1n) is 11.0. The molecule has 3 heterocycles. The van der Waals surface area contributed by atoms with Crippen molar-refractivity contribution in [2.75, 3.05) is 18.4 Å². The smallest absolute Gasteiger partial charge is 0.243 e. The van der Waals surface area contributed by atoms with E-state index in [-0.39, 0.29) is 29.8 Å². The molecule has 1 N–H and O–H groups in total. The average molecular weight is 498 g/mol. The van der Waals surface area contributed by atoms with Gasteiger partial charge in [0.2, 0.25) is 21.7 Å². The van der Waals surface area contributed by atoms with E-state index in [9.17, 15) is 22.0 Å². The van der Waals surface area contributed by atoms with Crippen molar-refractivity contribution in [2.45, 2.75) is 17.7 Å². The van der Waals surface area contributed by atoms with Gasteiger partial charge in [-0.15, -0.1) is 0 Å². The molecular formula is C24H21F2N5O3S. The highest BCUT2D eigenvalue weighted by atomic mass is 32.2. The summed E-state index contributed by atoms with van der Waals surface area (Å²) >= 11 is 0. The van der Waals surface area contributed by atoms with E-state index in [4.69, 9.17) is 0 Å². The summed E-state index contributed by atoms with van der Waals surface area (Å²) in [5.74, 6) is -2.29. The quantitative estimate of drug-likeness (QED) is 0.454. The van der Waals surface area contributed by atoms with Crippen LogP contribution < -0.4 is 5.32 Å². The number of carbonyl (C=O) groups is 1. The molecule has 8 nitrogen and oxygen atoms in total. The van der Waals surface area contributed by atoms with Crippen LogP contribution in [0.15, 0.2) is 72.0 Å². The maximum Gasteiger partial charge on any atom is 0.243 e. The molecule has 0 unspecified atom stereocenters. The zero-order chi connectivity index (χ0) is 24.6. The Morgan fingerprint density at radius 3 is 2.46 bits per heavy atom. The second kappa shape index (κ2) is 9.16. The van der Waals surface area contributed by atoms with E-state index in [0.717, 1.165) is 23.4 Å². The first-order valence-corrected chi connectivity index (χ1v) is 12.4. The number of nitrogens with one attached hydrogen (secondary N) is 1. The number of aromatic nitrogens is 3. The second-order valence-corrected chi connectivity index (χ2v) is 10.2. The van der Waals surface area contributed by atoms with E-state index in [2.05, 4.69) is 15.3 Å². The van der Waals surface area contributed by atoms with Gasteiger partial charge in [-0.3, -0.25) is 9.20 Å². The maximum atomic E-state index is 13.5. The fourth-order valence-electron chi connectivity index (χ4n) is 4.08. The first-order chi connectivity index (χ1) is 16.8. The number of nitrogens with zero attached hydrogens (tertiary/aromatic N) is 4. The van der Waals surface area contributed by atoms with Crippen LogP contribution in [0.5, 0.6) is 0 Å². The number of anilines is 1. The molecule has 1 saturated heterocycles. The molecular weight excluding hydrogens is 476 g/mol. The lowest BCUT2D eigenvalue weighted by Crippen LogP contribution is -2.41. The number of benzene rings is 2. The maximum absolute atomic E-state index is 13.5. The molecule has 35 heavy (non-hydrogen) atoms. The van der Waals surface area contributed by atoms with E-state index in [1.807, 2.05) is 35.0 Å². The number of hydrogen-bond donors (Lipinski definition) is 1. The SMILES string of the molecule is O=C(Nc1ccc(-c2cn3cccnc3n2)cc1)C1CCN(S(=O)(=O)c2ccc(F)c(F)c2)CC1. The predicted octanol–water partition coefficient (Wildman–Crippen LogP) is 3.71. The minimum absolute atomic E-state index is 0.111. The number of piperidine rings is 1. The average Bonchev–Trinajstić information content (AvgIpc) is 3.30. The van der Waals surface area contributed by atoms with Gasteiger partial charge >= 0.3 is 0 Å². The lowest BCUT2D eigenvalue weighted by atomic mass is 9.97. The van der Waals surface area contributed by atoms with Crippen molar-refractivity contribution in [1.29, 1.82) is 0 Å². The van der Waals surface area contributed by atoms with Crippen LogP contribution in [-0.2, 0) is 14.8 Å². The third-order valence-corrected chi connectivity index (χ3v) is 7.93. The third-order valence-electron chi connectivity index (χ3n) is 6.04. The molecule has 0 atom stereocenters. The summed E-state index contributed by atoms with van der Waals surface area (Å²) in [6.07, 6.45) is 6.05. The molecule has 11 heteroatoms. The number of imidazole rings is 1. The van der Waals surface area contributed by atoms with Gasteiger partial charge in [0, 0.05) is 48.8 Å². The van der Waals surface area contributed by atoms with Crippen LogP contribution in [0.3, 0.4) is 0 Å². The molecule has 0 aliphatic carbocycles. The number of carbonyl (C=O) groups excluding carboxylic acids is 1. The Bertz CT molecular complexity index is 1460. The first kappa shape index (κ1) is 23.1. The molecule has 5 rings (SSSR count). The van der Waals surface area contributed by atoms with Crippen molar-refractivity contribution in [3.63, 3.8) is 0 Å². The van der Waals surface area contributed by atoms with Crippen molar-refractivity contribution < 1.29 is 22.0 Å². The van der Waals surface area contributed by atoms with Crippen molar-refractivity contribution in [2.24, 2.45) is 5.92 Å². The molecule has 0 spiro atoms. The van der Waals surface area contributed by atoms with E-state index < -0.39 is 21.7 Å². The Morgan fingerprint density at radius 2 is 1.77 bits per heavy atom. The summed E-state index contributed by atoms with van der Waals surface area (Å²) in [5.41, 5.74) is 2.26. The summed E-state index contributed by atoms with van der Waals surface area (Å²) in [4.78, 5) is 21.1. The number of hydrogen-bond acceptors (Lipinski definition) is 5. The van der Waals surface area contributed by atoms with Gasteiger partial charge in [0.15, 0.2) is 11.6 Å². The summed E-state index contributed by atoms with van der Waals surface area (Å²) < 4.78 is 55.2. The molecule has 180 valence electrons. The Morgan fingerprint density at radius 1 is 1.03 bits per heavy atom. The normalized spacial score (nSPS) is 15.4. The van der Waals surface area contributed by atoms with Crippen LogP contribution in [0.1, 0.15) is 12.8 Å². The van der Waals surface area contributed by atoms with Gasteiger partial charge in [-0.25, -0.2) is 27.2 Å². The summed E-state index contributed by atoms with van der Waals surface area (Å²) in [7, 11) is -3.97. The monoisotopic (exact) mass is 497 g/mol. The Balaban J connectivity index is 1.20. The molecule has 0 bridgehead atoms. The third kappa shape index (κ3) is 4.64. The van der Waals surface area contributed by atoms with Gasteiger partial charge in [-0.1, -0.05) is 12.1 Å². The van der Waals surface area contributed by atoms with Crippen LogP contribution in [0.4, 0.5) is 14.5 Å². The molecule has 4 aromatic rings. The van der Waals surface area contributed by atoms with E-state index in [1.54, 1.807) is 18.3 Å². The standard InChI is InChI=1S/C24H21F2N5O3S/c25-20-7-6-19(14-21(20)26)35(33,34)31-12-8-17(9-13-31)23(32)28-18-4-2-16(3-5-18)22-15-30-11-1-10-27-24(30)29-22/h1-7,10-11,14-15,17H,8-9,12-13H2,(H,28,32). The molecule has 1 fully saturated rings. The van der Waals surface area contributed by atoms with Crippen molar-refractivity contribution >= 4 is 27.4 Å². The molecule has 1 amide bonds. The Labute approximate surface area is 200 Å². The molecule has 0 saturated carbocycles. The number of halogens is 2. The predicted molar refractivity (Wildman–Crippen MR) is 125 cm³/mol. The van der Waals surface area contributed by atoms with Crippen molar-refractivity contribution in [1.82, 2.24) is 18.7 Å². The molecule has 0 radical (unpaired) electrons. The fraction of sp³-hybridized carbons (Fsp3) is 0.208. The van der Waals surface area contributed by atoms with Crippen LogP contribution >= 0.6 is 0 Å². The zero-order valence-electron chi connectivity index (χ0n) is 18.4. The molecule has 1 aliphatic heterocycles. The Kier molecular flexibility index (Phi) is 6.03. The Hall–Kier alpha value is -3.70. The molecule has 2 aromatic carbocycles. The van der Waals surface area contributed by atoms with Crippen molar-refractivity contribution in [3.8, 4) is 11.3 Å². The van der Waals surface area contributed by atoms with Crippen LogP contribution in [-0.4, -0.2) is 46.1 Å². The highest BCUT2D eigenvalue weighted by molar-refractivity contribution is 7.89. The van der Waals surface area contributed by atoms with Crippen LogP contribution in [0.25, 0.3) is 17.0 Å². The highest BCUT2D eigenvalue weighted by Gasteiger charge is 2.32. The van der Waals surface area contributed by atoms with Gasteiger partial charge in [-0.2, -0.15) is 4.31 Å². The summed E-state index contributed by atoms with van der Waals surface area (Å²) in [6, 6.07) is 11.6. The summed E-state index contributed by atoms with van der Waals surface area (Å²) in [6.45, 7) is 0.223. The number of fused-ring (bicyclic) bond motifs is 1. The lowest BCUT2D eigenvalue weighted by Gasteiger charge is -2.30. The molecule has 1 aliphatic rings. The zero-order valence-corrected chi connectivity index (χ0v) is 19.3. The minimum atomic E-state index is -3.97. The van der Waals surface area contributed by atoms with E-state index >= 15 is 0 Å². The lowest BCUT2D eigenvalue weighted by molar-refractivity contribution is -0.120. The fourth-order valence-corrected chi connectivity index (χ4v) is 5.56. The van der Waals surface area contributed by atoms with Crippen molar-refractivity contribution in [3.05, 3.63) is 78.8 Å². The van der Waals surface area contributed by atoms with E-state index in [1.165, 1.54) is 4.31 Å². The second-order valence-electron chi connectivity index (χ2n) is 8.27.